The highest BCUT2D eigenvalue weighted by Crippen LogP contribution is 2.32. The van der Waals surface area contributed by atoms with Crippen LogP contribution in [0.1, 0.15) is 17.2 Å². The van der Waals surface area contributed by atoms with E-state index in [1.54, 1.807) is 6.07 Å². The molecular weight excluding hydrogens is 273 g/mol. The van der Waals surface area contributed by atoms with Gasteiger partial charge in [-0.1, -0.05) is 11.6 Å². The van der Waals surface area contributed by atoms with Crippen molar-refractivity contribution in [2.45, 2.75) is 12.1 Å². The Morgan fingerprint density at radius 3 is 2.61 bits per heavy atom. The fourth-order valence-electron chi connectivity index (χ4n) is 1.16. The van der Waals surface area contributed by atoms with E-state index in [1.807, 2.05) is 0 Å². The summed E-state index contributed by atoms with van der Waals surface area (Å²) in [6.07, 6.45) is -4.09. The van der Waals surface area contributed by atoms with Crippen LogP contribution in [0.3, 0.4) is 0 Å². The van der Waals surface area contributed by atoms with E-state index in [0.717, 1.165) is 7.11 Å². The number of halogens is 4. The quantitative estimate of drug-likeness (QED) is 0.780. The number of pyridine rings is 1. The van der Waals surface area contributed by atoms with Crippen LogP contribution in [0.5, 0.6) is 0 Å². The second-order valence-electron chi connectivity index (χ2n) is 3.17. The maximum Gasteiger partial charge on any atom is 0.417 e. The molecule has 0 aliphatic carbocycles. The summed E-state index contributed by atoms with van der Waals surface area (Å²) < 4.78 is 41.4. The lowest BCUT2D eigenvalue weighted by molar-refractivity contribution is -0.141. The van der Waals surface area contributed by atoms with Gasteiger partial charge in [0.25, 0.3) is 0 Å². The Labute approximate surface area is 105 Å². The van der Waals surface area contributed by atoms with Crippen molar-refractivity contribution in [1.29, 1.82) is 5.26 Å². The summed E-state index contributed by atoms with van der Waals surface area (Å²) in [6.45, 7) is 0. The van der Waals surface area contributed by atoms with Crippen LogP contribution in [0.2, 0.25) is 5.02 Å². The van der Waals surface area contributed by atoms with Crippen LogP contribution in [-0.4, -0.2) is 18.1 Å². The molecule has 0 N–H and O–H groups in total. The Bertz CT molecular complexity index is 511. The number of methoxy groups -OCH3 is 1. The molecule has 0 aliphatic rings. The van der Waals surface area contributed by atoms with Gasteiger partial charge in [0.1, 0.15) is 0 Å². The van der Waals surface area contributed by atoms with E-state index in [4.69, 9.17) is 16.9 Å². The first-order valence-electron chi connectivity index (χ1n) is 4.51. The Kier molecular flexibility index (Phi) is 4.14. The topological polar surface area (TPSA) is 63.0 Å². The molecule has 1 rings (SSSR count). The number of nitriles is 1. The van der Waals surface area contributed by atoms with Crippen molar-refractivity contribution in [1.82, 2.24) is 4.98 Å². The minimum absolute atomic E-state index is 0.265. The van der Waals surface area contributed by atoms with Crippen molar-refractivity contribution in [3.05, 3.63) is 28.5 Å². The van der Waals surface area contributed by atoms with Gasteiger partial charge >= 0.3 is 12.1 Å². The van der Waals surface area contributed by atoms with Gasteiger partial charge in [-0.05, 0) is 6.07 Å². The van der Waals surface area contributed by atoms with Gasteiger partial charge < -0.3 is 4.74 Å². The van der Waals surface area contributed by atoms with Crippen LogP contribution >= 0.6 is 11.6 Å². The second-order valence-corrected chi connectivity index (χ2v) is 3.58. The van der Waals surface area contributed by atoms with Crippen LogP contribution in [0.15, 0.2) is 12.3 Å². The van der Waals surface area contributed by atoms with E-state index in [1.165, 1.54) is 0 Å². The molecule has 1 atom stereocenters. The van der Waals surface area contributed by atoms with Gasteiger partial charge in [0.15, 0.2) is 5.92 Å². The molecule has 8 heteroatoms. The van der Waals surface area contributed by atoms with Crippen molar-refractivity contribution in [3.63, 3.8) is 0 Å². The molecule has 0 amide bonds. The molecule has 0 aromatic carbocycles. The Balaban J connectivity index is 3.21. The van der Waals surface area contributed by atoms with Gasteiger partial charge in [0.2, 0.25) is 0 Å². The molecule has 0 saturated heterocycles. The highest BCUT2D eigenvalue weighted by molar-refractivity contribution is 6.31. The molecular formula is C10H6ClF3N2O2. The molecule has 18 heavy (non-hydrogen) atoms. The minimum Gasteiger partial charge on any atom is -0.468 e. The SMILES string of the molecule is COC(=O)[C@@H](C#N)c1ncc(C(F)(F)F)cc1Cl. The molecule has 1 aromatic rings. The lowest BCUT2D eigenvalue weighted by Gasteiger charge is -2.11. The van der Waals surface area contributed by atoms with E-state index in [0.29, 0.717) is 12.3 Å². The van der Waals surface area contributed by atoms with Crippen molar-refractivity contribution in [2.24, 2.45) is 0 Å². The third-order valence-corrected chi connectivity index (χ3v) is 2.34. The maximum absolute atomic E-state index is 12.4. The number of hydrogen-bond donors (Lipinski definition) is 0. The smallest absolute Gasteiger partial charge is 0.417 e. The molecule has 0 radical (unpaired) electrons. The highest BCUT2D eigenvalue weighted by atomic mass is 35.5. The number of hydrogen-bond acceptors (Lipinski definition) is 4. The number of rotatable bonds is 2. The monoisotopic (exact) mass is 278 g/mol. The Morgan fingerprint density at radius 2 is 2.22 bits per heavy atom. The van der Waals surface area contributed by atoms with Gasteiger partial charge in [0, 0.05) is 6.20 Å². The van der Waals surface area contributed by atoms with Crippen LogP contribution in [-0.2, 0) is 15.7 Å². The van der Waals surface area contributed by atoms with Crippen molar-refractivity contribution >= 4 is 17.6 Å². The average Bonchev–Trinajstić information content (AvgIpc) is 2.30. The molecule has 1 heterocycles. The molecule has 0 aliphatic heterocycles. The normalized spacial score (nSPS) is 12.7. The summed E-state index contributed by atoms with van der Waals surface area (Å²) in [5.41, 5.74) is -1.32. The third kappa shape index (κ3) is 2.90. The predicted molar refractivity (Wildman–Crippen MR) is 54.6 cm³/mol. The number of ether oxygens (including phenoxy) is 1. The first kappa shape index (κ1) is 14.3. The lowest BCUT2D eigenvalue weighted by atomic mass is 10.1. The molecule has 0 bridgehead atoms. The predicted octanol–water partition coefficient (Wildman–Crippen LogP) is 2.53. The van der Waals surface area contributed by atoms with Gasteiger partial charge in [-0.15, -0.1) is 0 Å². The number of aromatic nitrogens is 1. The molecule has 0 spiro atoms. The van der Waals surface area contributed by atoms with Crippen LogP contribution in [0.4, 0.5) is 13.2 Å². The minimum atomic E-state index is -4.59. The number of alkyl halides is 3. The summed E-state index contributed by atoms with van der Waals surface area (Å²) >= 11 is 5.59. The summed E-state index contributed by atoms with van der Waals surface area (Å²) in [6, 6.07) is 2.17. The molecule has 0 unspecified atom stereocenters. The van der Waals surface area contributed by atoms with E-state index >= 15 is 0 Å². The molecule has 0 saturated carbocycles. The summed E-state index contributed by atoms with van der Waals surface area (Å²) in [5, 5.41) is 8.35. The maximum atomic E-state index is 12.4. The van der Waals surface area contributed by atoms with Crippen LogP contribution in [0.25, 0.3) is 0 Å². The van der Waals surface area contributed by atoms with Crippen LogP contribution < -0.4 is 0 Å². The summed E-state index contributed by atoms with van der Waals surface area (Å²) in [7, 11) is 1.05. The lowest BCUT2D eigenvalue weighted by Crippen LogP contribution is -2.15. The van der Waals surface area contributed by atoms with Gasteiger partial charge in [-0.25, -0.2) is 0 Å². The fourth-order valence-corrected chi connectivity index (χ4v) is 1.43. The summed E-state index contributed by atoms with van der Waals surface area (Å²) in [5.74, 6) is -2.39. The Morgan fingerprint density at radius 1 is 1.61 bits per heavy atom. The standard InChI is InChI=1S/C10H6ClF3N2O2/c1-18-9(17)6(3-15)8-7(11)2-5(4-16-8)10(12,13)14/h2,4,6H,1H3/t6-/m0/s1. The highest BCUT2D eigenvalue weighted by Gasteiger charge is 2.33. The van der Waals surface area contributed by atoms with E-state index in [9.17, 15) is 18.0 Å². The van der Waals surface area contributed by atoms with E-state index < -0.39 is 28.6 Å². The summed E-state index contributed by atoms with van der Waals surface area (Å²) in [4.78, 5) is 14.6. The number of esters is 1. The van der Waals surface area contributed by atoms with E-state index in [-0.39, 0.29) is 5.69 Å². The van der Waals surface area contributed by atoms with Crippen LogP contribution in [0, 0.1) is 11.3 Å². The van der Waals surface area contributed by atoms with Gasteiger partial charge in [-0.2, -0.15) is 18.4 Å². The Hall–Kier alpha value is -1.81. The fraction of sp³-hybridized carbons (Fsp3) is 0.300. The van der Waals surface area contributed by atoms with Crippen molar-refractivity contribution < 1.29 is 22.7 Å². The first-order valence-corrected chi connectivity index (χ1v) is 4.89. The zero-order chi connectivity index (χ0) is 13.9. The van der Waals surface area contributed by atoms with E-state index in [2.05, 4.69) is 9.72 Å². The number of carbonyl (C=O) groups excluding carboxylic acids is 1. The number of nitrogens with zero attached hydrogens (tertiary/aromatic N) is 2. The largest absolute Gasteiger partial charge is 0.468 e. The first-order chi connectivity index (χ1) is 8.31. The average molecular weight is 279 g/mol. The molecule has 96 valence electrons. The van der Waals surface area contributed by atoms with Crippen molar-refractivity contribution in [2.75, 3.05) is 7.11 Å². The molecule has 0 fully saturated rings. The number of carbonyl (C=O) groups is 1. The van der Waals surface area contributed by atoms with Gasteiger partial charge in [0.05, 0.1) is 29.5 Å². The third-order valence-electron chi connectivity index (χ3n) is 2.04. The van der Waals surface area contributed by atoms with Crippen molar-refractivity contribution in [3.8, 4) is 6.07 Å². The second kappa shape index (κ2) is 5.23. The zero-order valence-corrected chi connectivity index (χ0v) is 9.71. The molecule has 1 aromatic heterocycles. The van der Waals surface area contributed by atoms with Gasteiger partial charge in [-0.3, -0.25) is 9.78 Å². The molecule has 4 nitrogen and oxygen atoms in total. The zero-order valence-electron chi connectivity index (χ0n) is 8.95.